The molecule has 0 aromatic rings. The number of hydrogen-bond acceptors (Lipinski definition) is 4. The van der Waals surface area contributed by atoms with Gasteiger partial charge >= 0.3 is 6.12 Å². The van der Waals surface area contributed by atoms with Gasteiger partial charge in [0, 0.05) is 0 Å². The van der Waals surface area contributed by atoms with E-state index in [1.165, 1.54) is 0 Å². The highest BCUT2D eigenvalue weighted by molar-refractivity contribution is 8.82. The van der Waals surface area contributed by atoms with Crippen LogP contribution in [0.25, 0.3) is 0 Å². The molecule has 5 heteroatoms. The van der Waals surface area contributed by atoms with Crippen LogP contribution in [-0.2, 0) is 9.05 Å². The predicted molar refractivity (Wildman–Crippen MR) is 41.4 cm³/mol. The number of thiol groups is 2. The summed E-state index contributed by atoms with van der Waals surface area (Å²) in [6.07, 6.45) is -1.80. The third-order valence-corrected chi connectivity index (χ3v) is 3.17. The largest absolute Gasteiger partial charge is 0.389 e. The zero-order valence-electron chi connectivity index (χ0n) is 4.44. The molecule has 0 aromatic heterocycles. The van der Waals surface area contributed by atoms with Crippen molar-refractivity contribution in [2.75, 3.05) is 6.61 Å². The molecule has 1 unspecified atom stereocenters. The lowest BCUT2D eigenvalue weighted by Crippen LogP contribution is -1.99. The molecule has 1 aliphatic heterocycles. The van der Waals surface area contributed by atoms with Crippen LogP contribution in [0.5, 0.6) is 0 Å². The minimum atomic E-state index is -1.96. The Balaban J connectivity index is 2.44. The van der Waals surface area contributed by atoms with Crippen molar-refractivity contribution in [2.24, 2.45) is 0 Å². The van der Waals surface area contributed by atoms with E-state index in [0.717, 1.165) is 0 Å². The Bertz CT molecular complexity index is 97.3. The molecule has 1 atom stereocenters. The van der Waals surface area contributed by atoms with E-state index in [4.69, 9.17) is 9.05 Å². The van der Waals surface area contributed by atoms with Crippen LogP contribution in [0.1, 0.15) is 6.92 Å². The van der Waals surface area contributed by atoms with Gasteiger partial charge in [0.15, 0.2) is 0 Å². The molecule has 1 heterocycles. The van der Waals surface area contributed by atoms with Crippen molar-refractivity contribution in [3.63, 3.8) is 0 Å². The lowest BCUT2D eigenvalue weighted by atomic mass is 10.5. The minimum Gasteiger partial charge on any atom is -0.180 e. The smallest absolute Gasteiger partial charge is 0.180 e. The van der Waals surface area contributed by atoms with E-state index in [0.29, 0.717) is 6.61 Å². The van der Waals surface area contributed by atoms with Crippen molar-refractivity contribution in [1.29, 1.82) is 0 Å². The molecule has 0 amide bonds. The minimum absolute atomic E-state index is 0.165. The van der Waals surface area contributed by atoms with Gasteiger partial charge in [-0.2, -0.15) is 9.05 Å². The van der Waals surface area contributed by atoms with Gasteiger partial charge < -0.3 is 0 Å². The molecular weight excluding hydrogens is 163 g/mol. The number of rotatable bonds is 0. The summed E-state index contributed by atoms with van der Waals surface area (Å²) in [5.41, 5.74) is 0. The number of hydrogen-bond donors (Lipinski definition) is 2. The molecule has 0 radical (unpaired) electrons. The summed E-state index contributed by atoms with van der Waals surface area (Å²) in [7, 11) is 0. The van der Waals surface area contributed by atoms with Gasteiger partial charge in [0.25, 0.3) is 0 Å². The van der Waals surface area contributed by atoms with Gasteiger partial charge in [-0.05, 0) is 6.92 Å². The molecule has 1 saturated heterocycles. The van der Waals surface area contributed by atoms with Crippen molar-refractivity contribution in [3.05, 3.63) is 0 Å². The predicted octanol–water partition coefficient (Wildman–Crippen LogP) is 1.96. The Morgan fingerprint density at radius 3 is 2.38 bits per heavy atom. The lowest BCUT2D eigenvalue weighted by Gasteiger charge is -1.98. The summed E-state index contributed by atoms with van der Waals surface area (Å²) in [6.45, 7) is 2.56. The average molecular weight is 171 g/mol. The van der Waals surface area contributed by atoms with E-state index in [9.17, 15) is 0 Å². The Labute approximate surface area is 59.8 Å². The molecule has 2 nitrogen and oxygen atoms in total. The highest BCUT2D eigenvalue weighted by Gasteiger charge is 2.43. The SMILES string of the molecule is CC1CO[P+](S)(S)O1. The van der Waals surface area contributed by atoms with Crippen LogP contribution in [0.15, 0.2) is 0 Å². The fourth-order valence-corrected chi connectivity index (χ4v) is 2.86. The Morgan fingerprint density at radius 1 is 1.62 bits per heavy atom. The Morgan fingerprint density at radius 2 is 2.25 bits per heavy atom. The molecule has 0 aliphatic carbocycles. The molecule has 0 N–H and O–H groups in total. The first-order valence-electron chi connectivity index (χ1n) is 2.28. The standard InChI is InChI=1S/C3H8O2PS2/c1-3-2-4-6(7,8)5-3/h3,7-8H,2H2,1H3/q+1. The maximum absolute atomic E-state index is 5.17. The van der Waals surface area contributed by atoms with Crippen molar-refractivity contribution in [2.45, 2.75) is 13.0 Å². The topological polar surface area (TPSA) is 18.5 Å². The van der Waals surface area contributed by atoms with E-state index < -0.39 is 6.12 Å². The van der Waals surface area contributed by atoms with Gasteiger partial charge in [-0.1, -0.05) is 0 Å². The molecule has 0 bridgehead atoms. The first kappa shape index (κ1) is 7.16. The van der Waals surface area contributed by atoms with Gasteiger partial charge in [-0.3, -0.25) is 0 Å². The molecule has 1 rings (SSSR count). The van der Waals surface area contributed by atoms with Crippen LogP contribution in [0.3, 0.4) is 0 Å². The van der Waals surface area contributed by atoms with Crippen LogP contribution >= 0.6 is 30.6 Å². The maximum Gasteiger partial charge on any atom is 0.389 e. The second kappa shape index (κ2) is 2.35. The molecule has 0 spiro atoms. The second-order valence-electron chi connectivity index (χ2n) is 1.70. The molecule has 8 heavy (non-hydrogen) atoms. The summed E-state index contributed by atoms with van der Waals surface area (Å²) in [5.74, 6) is 0. The van der Waals surface area contributed by atoms with E-state index in [2.05, 4.69) is 24.5 Å². The first-order valence-corrected chi connectivity index (χ1v) is 6.21. The van der Waals surface area contributed by atoms with Gasteiger partial charge in [-0.15, -0.1) is 0 Å². The first-order chi connectivity index (χ1) is 3.60. The normalized spacial score (nSPS) is 35.6. The third-order valence-electron chi connectivity index (χ3n) is 0.795. The van der Waals surface area contributed by atoms with E-state index in [1.54, 1.807) is 0 Å². The lowest BCUT2D eigenvalue weighted by molar-refractivity contribution is 0.262. The van der Waals surface area contributed by atoms with Crippen molar-refractivity contribution < 1.29 is 9.05 Å². The van der Waals surface area contributed by atoms with Gasteiger partial charge in [0.05, 0.1) is 24.5 Å². The fraction of sp³-hybridized carbons (Fsp3) is 1.00. The zero-order chi connectivity index (χ0) is 6.20. The molecular formula is C3H8O2PS2+. The van der Waals surface area contributed by atoms with Crippen LogP contribution in [0.2, 0.25) is 0 Å². The molecule has 48 valence electrons. The monoisotopic (exact) mass is 171 g/mol. The van der Waals surface area contributed by atoms with Gasteiger partial charge in [0.1, 0.15) is 12.7 Å². The van der Waals surface area contributed by atoms with E-state index >= 15 is 0 Å². The van der Waals surface area contributed by atoms with Crippen LogP contribution in [0.4, 0.5) is 0 Å². The summed E-state index contributed by atoms with van der Waals surface area (Å²) in [5, 5.41) is 0. The van der Waals surface area contributed by atoms with Crippen molar-refractivity contribution in [3.8, 4) is 0 Å². The van der Waals surface area contributed by atoms with Gasteiger partial charge in [0.2, 0.25) is 0 Å². The maximum atomic E-state index is 5.17. The molecule has 1 fully saturated rings. The summed E-state index contributed by atoms with van der Waals surface area (Å²) >= 11 is 8.08. The average Bonchev–Trinajstić information content (AvgIpc) is 1.82. The van der Waals surface area contributed by atoms with Gasteiger partial charge in [-0.25, -0.2) is 0 Å². The Hall–Kier alpha value is 1.05. The quantitative estimate of drug-likeness (QED) is 0.428. The summed E-state index contributed by atoms with van der Waals surface area (Å²) in [6, 6.07) is 0. The summed E-state index contributed by atoms with van der Waals surface area (Å²) < 4.78 is 10.2. The van der Waals surface area contributed by atoms with Crippen LogP contribution < -0.4 is 0 Å². The molecule has 0 aromatic carbocycles. The second-order valence-corrected chi connectivity index (χ2v) is 7.26. The summed E-state index contributed by atoms with van der Waals surface area (Å²) in [4.78, 5) is 0. The fourth-order valence-electron chi connectivity index (χ4n) is 0.497. The van der Waals surface area contributed by atoms with Crippen molar-refractivity contribution in [1.82, 2.24) is 0 Å². The van der Waals surface area contributed by atoms with E-state index in [-0.39, 0.29) is 6.10 Å². The van der Waals surface area contributed by atoms with E-state index in [1.807, 2.05) is 6.92 Å². The third kappa shape index (κ3) is 1.78. The molecule has 1 aliphatic rings. The van der Waals surface area contributed by atoms with Crippen molar-refractivity contribution >= 4 is 30.6 Å². The Kier molecular flexibility index (Phi) is 2.10. The highest BCUT2D eigenvalue weighted by Crippen LogP contribution is 2.73. The van der Waals surface area contributed by atoms with Crippen LogP contribution in [0, 0.1) is 0 Å². The van der Waals surface area contributed by atoms with Crippen LogP contribution in [-0.4, -0.2) is 12.7 Å². The molecule has 0 saturated carbocycles. The zero-order valence-corrected chi connectivity index (χ0v) is 7.13. The highest BCUT2D eigenvalue weighted by atomic mass is 33.1.